The van der Waals surface area contributed by atoms with Crippen molar-refractivity contribution >= 4 is 22.8 Å². The Balaban J connectivity index is 0.00000130. The number of pyridine rings is 2. The van der Waals surface area contributed by atoms with E-state index in [0.29, 0.717) is 34.5 Å². The van der Waals surface area contributed by atoms with Crippen molar-refractivity contribution in [3.8, 4) is 11.4 Å². The number of amides is 1. The van der Waals surface area contributed by atoms with Crippen LogP contribution in [-0.4, -0.2) is 38.2 Å². The maximum absolute atomic E-state index is 14.8. The van der Waals surface area contributed by atoms with Gasteiger partial charge >= 0.3 is 5.97 Å². The molecule has 36 heavy (non-hydrogen) atoms. The fraction of sp³-hybridized carbons (Fsp3) is 0.385. The smallest absolute Gasteiger partial charge is 0.340 e. The number of aliphatic hydroxyl groups is 2. The number of carbonyl (C=O) groups is 2. The highest BCUT2D eigenvalue weighted by Crippen LogP contribution is 2.48. The summed E-state index contributed by atoms with van der Waals surface area (Å²) in [6, 6.07) is 2.90. The van der Waals surface area contributed by atoms with E-state index in [1.807, 2.05) is 13.8 Å². The van der Waals surface area contributed by atoms with Crippen LogP contribution in [0.25, 0.3) is 22.3 Å². The molecule has 0 spiro atoms. The van der Waals surface area contributed by atoms with Crippen LogP contribution in [0.5, 0.6) is 0 Å². The lowest BCUT2D eigenvalue weighted by atomic mass is 9.88. The van der Waals surface area contributed by atoms with Crippen molar-refractivity contribution in [2.75, 3.05) is 6.61 Å². The SMILES string of the molecule is CC.Cc1c(F)cc2nc3c(c4c2c1CC4(C)NC(=O)CO)Cn1c-3cc2c(c1=O)COC(=O)C2O. The van der Waals surface area contributed by atoms with Crippen molar-refractivity contribution in [2.24, 2.45) is 0 Å². The molecule has 0 saturated carbocycles. The van der Waals surface area contributed by atoms with Crippen LogP contribution in [-0.2, 0) is 39.4 Å². The molecule has 6 rings (SSSR count). The summed E-state index contributed by atoms with van der Waals surface area (Å²) in [6.45, 7) is 6.70. The molecule has 2 atom stereocenters. The molecular weight excluding hydrogens is 469 g/mol. The van der Waals surface area contributed by atoms with E-state index in [2.05, 4.69) is 5.32 Å². The lowest BCUT2D eigenvalue weighted by Crippen LogP contribution is -2.45. The van der Waals surface area contributed by atoms with Crippen LogP contribution in [0, 0.1) is 12.7 Å². The normalized spacial score (nSPS) is 20.8. The molecule has 3 aliphatic rings. The fourth-order valence-corrected chi connectivity index (χ4v) is 5.66. The third-order valence-corrected chi connectivity index (χ3v) is 7.21. The predicted octanol–water partition coefficient (Wildman–Crippen LogP) is 1.87. The number of esters is 1. The molecule has 4 heterocycles. The number of rotatable bonds is 2. The number of cyclic esters (lactones) is 1. The first-order valence-electron chi connectivity index (χ1n) is 11.8. The minimum atomic E-state index is -1.58. The van der Waals surface area contributed by atoms with Gasteiger partial charge in [-0.25, -0.2) is 14.2 Å². The number of hydrogen-bond donors (Lipinski definition) is 3. The van der Waals surface area contributed by atoms with Gasteiger partial charge in [-0.2, -0.15) is 0 Å². The molecule has 2 unspecified atom stereocenters. The van der Waals surface area contributed by atoms with E-state index in [9.17, 15) is 29.0 Å². The maximum Gasteiger partial charge on any atom is 0.340 e. The number of ether oxygens (including phenoxy) is 1. The van der Waals surface area contributed by atoms with Crippen molar-refractivity contribution in [1.29, 1.82) is 0 Å². The lowest BCUT2D eigenvalue weighted by molar-refractivity contribution is -0.157. The third-order valence-electron chi connectivity index (χ3n) is 7.21. The van der Waals surface area contributed by atoms with Gasteiger partial charge in [0.15, 0.2) is 6.10 Å². The number of halogens is 1. The summed E-state index contributed by atoms with van der Waals surface area (Å²) in [5.74, 6) is -1.84. The number of nitrogens with one attached hydrogen (secondary N) is 1. The Bertz CT molecular complexity index is 1550. The van der Waals surface area contributed by atoms with E-state index >= 15 is 0 Å². The minimum absolute atomic E-state index is 0.152. The van der Waals surface area contributed by atoms with E-state index < -0.39 is 41.5 Å². The molecule has 0 fully saturated rings. The summed E-state index contributed by atoms with van der Waals surface area (Å²) in [7, 11) is 0. The van der Waals surface area contributed by atoms with E-state index in [1.165, 1.54) is 10.6 Å². The molecule has 1 aromatic carbocycles. The summed E-state index contributed by atoms with van der Waals surface area (Å²) < 4.78 is 21.3. The molecule has 188 valence electrons. The largest absolute Gasteiger partial charge is 0.458 e. The minimum Gasteiger partial charge on any atom is -0.458 e. The molecule has 0 saturated heterocycles. The third kappa shape index (κ3) is 3.14. The molecule has 3 N–H and O–H groups in total. The second-order valence-electron chi connectivity index (χ2n) is 9.25. The zero-order valence-corrected chi connectivity index (χ0v) is 20.4. The van der Waals surface area contributed by atoms with Crippen molar-refractivity contribution in [3.05, 3.63) is 61.7 Å². The molecule has 3 aromatic rings. The van der Waals surface area contributed by atoms with Gasteiger partial charge in [-0.3, -0.25) is 9.59 Å². The number of aliphatic hydroxyl groups excluding tert-OH is 2. The molecule has 2 aromatic heterocycles. The summed E-state index contributed by atoms with van der Waals surface area (Å²) in [5, 5.41) is 23.3. The number of aromatic nitrogens is 2. The van der Waals surface area contributed by atoms with Crippen molar-refractivity contribution < 1.29 is 28.9 Å². The van der Waals surface area contributed by atoms with Crippen molar-refractivity contribution in [3.63, 3.8) is 0 Å². The molecule has 10 heteroatoms. The molecule has 9 nitrogen and oxygen atoms in total. The highest BCUT2D eigenvalue weighted by Gasteiger charge is 2.44. The second-order valence-corrected chi connectivity index (χ2v) is 9.25. The van der Waals surface area contributed by atoms with Gasteiger partial charge in [0.1, 0.15) is 19.0 Å². The topological polar surface area (TPSA) is 131 Å². The Morgan fingerprint density at radius 3 is 2.69 bits per heavy atom. The first kappa shape index (κ1) is 24.1. The van der Waals surface area contributed by atoms with E-state index in [0.717, 1.165) is 16.5 Å². The zero-order valence-electron chi connectivity index (χ0n) is 20.4. The zero-order chi connectivity index (χ0) is 26.1. The van der Waals surface area contributed by atoms with Gasteiger partial charge in [0.2, 0.25) is 5.91 Å². The van der Waals surface area contributed by atoms with Crippen LogP contribution >= 0.6 is 0 Å². The van der Waals surface area contributed by atoms with Gasteiger partial charge in [-0.05, 0) is 36.6 Å². The predicted molar refractivity (Wildman–Crippen MR) is 128 cm³/mol. The highest BCUT2D eigenvalue weighted by molar-refractivity contribution is 5.96. The molecular formula is C26H26FN3O6. The average Bonchev–Trinajstić information content (AvgIpc) is 3.37. The second kappa shape index (κ2) is 8.21. The van der Waals surface area contributed by atoms with E-state index in [1.54, 1.807) is 19.9 Å². The van der Waals surface area contributed by atoms with Crippen LogP contribution in [0.1, 0.15) is 60.3 Å². The molecule has 0 radical (unpaired) electrons. The molecule has 1 amide bonds. The Hall–Kier alpha value is -3.63. The van der Waals surface area contributed by atoms with Gasteiger partial charge < -0.3 is 24.8 Å². The number of fused-ring (bicyclic) bond motifs is 5. The first-order chi connectivity index (χ1) is 17.1. The monoisotopic (exact) mass is 495 g/mol. The van der Waals surface area contributed by atoms with Crippen LogP contribution < -0.4 is 10.9 Å². The summed E-state index contributed by atoms with van der Waals surface area (Å²) >= 11 is 0. The summed E-state index contributed by atoms with van der Waals surface area (Å²) in [6.07, 6.45) is -1.28. The van der Waals surface area contributed by atoms with Gasteiger partial charge in [0.25, 0.3) is 5.56 Å². The van der Waals surface area contributed by atoms with Crippen LogP contribution in [0.3, 0.4) is 0 Å². The number of nitrogens with zero attached hydrogens (tertiary/aromatic N) is 2. The van der Waals surface area contributed by atoms with E-state index in [4.69, 9.17) is 9.72 Å². The van der Waals surface area contributed by atoms with Gasteiger partial charge in [-0.15, -0.1) is 0 Å². The Morgan fingerprint density at radius 2 is 2.00 bits per heavy atom. The summed E-state index contributed by atoms with van der Waals surface area (Å²) in [4.78, 5) is 42.1. The summed E-state index contributed by atoms with van der Waals surface area (Å²) in [5.41, 5.74) is 2.80. The maximum atomic E-state index is 14.8. The molecule has 1 aliphatic carbocycles. The number of benzene rings is 1. The lowest BCUT2D eigenvalue weighted by Gasteiger charge is -2.29. The van der Waals surface area contributed by atoms with Crippen LogP contribution in [0.4, 0.5) is 4.39 Å². The first-order valence-corrected chi connectivity index (χ1v) is 11.8. The van der Waals surface area contributed by atoms with Gasteiger partial charge in [-0.1, -0.05) is 13.8 Å². The van der Waals surface area contributed by atoms with Gasteiger partial charge in [0.05, 0.1) is 34.6 Å². The number of carbonyl (C=O) groups excluding carboxylic acids is 2. The molecule has 2 aliphatic heterocycles. The van der Waals surface area contributed by atoms with Crippen molar-refractivity contribution in [2.45, 2.75) is 58.9 Å². The van der Waals surface area contributed by atoms with E-state index in [-0.39, 0.29) is 24.3 Å². The van der Waals surface area contributed by atoms with Crippen LogP contribution in [0.2, 0.25) is 0 Å². The Morgan fingerprint density at radius 1 is 1.28 bits per heavy atom. The molecule has 0 bridgehead atoms. The van der Waals surface area contributed by atoms with Gasteiger partial charge in [0, 0.05) is 29.0 Å². The average molecular weight is 496 g/mol. The number of hydrogen-bond acceptors (Lipinski definition) is 7. The Labute approximate surface area is 205 Å². The van der Waals surface area contributed by atoms with Crippen molar-refractivity contribution in [1.82, 2.24) is 14.9 Å². The Kier molecular flexibility index (Phi) is 5.49. The standard InChI is InChI=1S/C24H20FN3O6.C2H6/c1-9-11-5-24(2,27-17(30)7-29)19-12-6-28-16(20(12)26-15(18(11)19)4-14(9)25)3-10-13(22(28)32)8-34-23(33)21(10)31;1-2/h3-4,21,29,31H,5-8H2,1-2H3,(H,27,30);1-2H3. The quantitative estimate of drug-likeness (QED) is 0.362. The fourth-order valence-electron chi connectivity index (χ4n) is 5.66. The highest BCUT2D eigenvalue weighted by atomic mass is 19.1. The van der Waals surface area contributed by atoms with Crippen LogP contribution in [0.15, 0.2) is 16.9 Å².